The highest BCUT2D eigenvalue weighted by molar-refractivity contribution is 8.00. The number of halogens is 1. The van der Waals surface area contributed by atoms with Crippen LogP contribution in [0.1, 0.15) is 39.0 Å². The third kappa shape index (κ3) is 3.82. The van der Waals surface area contributed by atoms with Gasteiger partial charge in [-0.2, -0.15) is 0 Å². The Labute approximate surface area is 138 Å². The predicted octanol–water partition coefficient (Wildman–Crippen LogP) is 3.92. The minimum atomic E-state index is -0.520. The zero-order chi connectivity index (χ0) is 17.0. The van der Waals surface area contributed by atoms with Crippen LogP contribution in [0.25, 0.3) is 0 Å². The molecule has 0 amide bonds. The minimum Gasteiger partial charge on any atom is -0.462 e. The number of aryl methyl sites for hydroxylation is 2. The van der Waals surface area contributed by atoms with Gasteiger partial charge in [0.2, 0.25) is 0 Å². The fraction of sp³-hybridized carbons (Fsp3) is 0.294. The maximum atomic E-state index is 13.6. The molecule has 0 unspecified atom stereocenters. The van der Waals surface area contributed by atoms with Crippen LogP contribution in [0.15, 0.2) is 29.2 Å². The Morgan fingerprint density at radius 2 is 1.83 bits per heavy atom. The van der Waals surface area contributed by atoms with Crippen molar-refractivity contribution >= 4 is 23.5 Å². The van der Waals surface area contributed by atoms with Gasteiger partial charge in [0.05, 0.1) is 23.5 Å². The number of H-pyrrole nitrogens is 1. The van der Waals surface area contributed by atoms with Gasteiger partial charge in [-0.25, -0.2) is 9.18 Å². The molecule has 0 bridgehead atoms. The molecule has 0 aliphatic carbocycles. The lowest BCUT2D eigenvalue weighted by Crippen LogP contribution is -2.13. The summed E-state index contributed by atoms with van der Waals surface area (Å²) in [5, 5.41) is 0. The van der Waals surface area contributed by atoms with Gasteiger partial charge < -0.3 is 9.72 Å². The van der Waals surface area contributed by atoms with Gasteiger partial charge in [-0.15, -0.1) is 11.8 Å². The van der Waals surface area contributed by atoms with Crippen LogP contribution in [-0.4, -0.2) is 29.1 Å². The van der Waals surface area contributed by atoms with E-state index in [4.69, 9.17) is 4.74 Å². The highest BCUT2D eigenvalue weighted by Crippen LogP contribution is 2.25. The number of carbonyl (C=O) groups excluding carboxylic acids is 2. The van der Waals surface area contributed by atoms with Gasteiger partial charge in [0.15, 0.2) is 5.78 Å². The minimum absolute atomic E-state index is 0.0471. The van der Waals surface area contributed by atoms with E-state index in [1.54, 1.807) is 39.0 Å². The zero-order valence-corrected chi connectivity index (χ0v) is 14.1. The van der Waals surface area contributed by atoms with Crippen LogP contribution in [0.5, 0.6) is 0 Å². The Morgan fingerprint density at radius 3 is 2.48 bits per heavy atom. The summed E-state index contributed by atoms with van der Waals surface area (Å²) in [6.45, 7) is 5.40. The van der Waals surface area contributed by atoms with Crippen molar-refractivity contribution in [3.8, 4) is 0 Å². The zero-order valence-electron chi connectivity index (χ0n) is 13.2. The number of Topliss-reactive ketones (excluding diaryl/α,β-unsaturated/α-hetero) is 1. The normalized spacial score (nSPS) is 10.6. The lowest BCUT2D eigenvalue weighted by Gasteiger charge is -2.06. The van der Waals surface area contributed by atoms with E-state index in [1.807, 2.05) is 0 Å². The van der Waals surface area contributed by atoms with E-state index < -0.39 is 5.97 Å². The van der Waals surface area contributed by atoms with Crippen molar-refractivity contribution < 1.29 is 18.7 Å². The molecule has 0 aliphatic heterocycles. The van der Waals surface area contributed by atoms with E-state index in [9.17, 15) is 14.0 Å². The lowest BCUT2D eigenvalue weighted by molar-refractivity contribution is 0.0522. The van der Waals surface area contributed by atoms with Crippen molar-refractivity contribution in [3.63, 3.8) is 0 Å². The Morgan fingerprint density at radius 1 is 1.17 bits per heavy atom. The average Bonchev–Trinajstić information content (AvgIpc) is 2.81. The van der Waals surface area contributed by atoms with Crippen LogP contribution in [-0.2, 0) is 4.74 Å². The molecule has 122 valence electrons. The topological polar surface area (TPSA) is 59.2 Å². The third-order valence-electron chi connectivity index (χ3n) is 3.33. The van der Waals surface area contributed by atoms with Gasteiger partial charge >= 0.3 is 5.97 Å². The van der Waals surface area contributed by atoms with E-state index >= 15 is 0 Å². The average molecular weight is 335 g/mol. The van der Waals surface area contributed by atoms with Crippen LogP contribution in [0, 0.1) is 19.7 Å². The summed E-state index contributed by atoms with van der Waals surface area (Å²) in [5.74, 6) is -1.07. The molecule has 23 heavy (non-hydrogen) atoms. The fourth-order valence-electron chi connectivity index (χ4n) is 2.37. The molecule has 1 heterocycles. The third-order valence-corrected chi connectivity index (χ3v) is 4.38. The van der Waals surface area contributed by atoms with Gasteiger partial charge in [-0.3, -0.25) is 4.79 Å². The number of hydrogen-bond acceptors (Lipinski definition) is 4. The molecule has 4 nitrogen and oxygen atoms in total. The molecule has 2 rings (SSSR count). The van der Waals surface area contributed by atoms with Crippen molar-refractivity contribution in [2.24, 2.45) is 0 Å². The van der Waals surface area contributed by atoms with E-state index in [1.165, 1.54) is 6.07 Å². The van der Waals surface area contributed by atoms with Crippen LogP contribution in [0.2, 0.25) is 0 Å². The van der Waals surface area contributed by atoms with Crippen molar-refractivity contribution in [1.82, 2.24) is 4.98 Å². The quantitative estimate of drug-likeness (QED) is 0.494. The molecule has 6 heteroatoms. The lowest BCUT2D eigenvalue weighted by atomic mass is 10.1. The molecule has 0 spiro atoms. The number of hydrogen-bond donors (Lipinski definition) is 1. The van der Waals surface area contributed by atoms with Gasteiger partial charge in [0, 0.05) is 16.3 Å². The van der Waals surface area contributed by atoms with Crippen molar-refractivity contribution in [1.29, 1.82) is 0 Å². The monoisotopic (exact) mass is 335 g/mol. The standard InChI is InChI=1S/C17H18FNO3S/c1-4-22-17(21)16-11(3)19-10(2)15(16)13(20)9-23-14-8-6-5-7-12(14)18/h5-8,19H,4,9H2,1-3H3. The maximum absolute atomic E-state index is 13.6. The van der Waals surface area contributed by atoms with E-state index in [0.29, 0.717) is 21.8 Å². The number of ether oxygens (including phenoxy) is 1. The van der Waals surface area contributed by atoms with Gasteiger partial charge in [0.1, 0.15) is 5.82 Å². The molecule has 2 aromatic rings. The van der Waals surface area contributed by atoms with Crippen molar-refractivity contribution in [2.75, 3.05) is 12.4 Å². The maximum Gasteiger partial charge on any atom is 0.340 e. The highest BCUT2D eigenvalue weighted by atomic mass is 32.2. The summed E-state index contributed by atoms with van der Waals surface area (Å²) in [6, 6.07) is 6.28. The Hall–Kier alpha value is -2.08. The summed E-state index contributed by atoms with van der Waals surface area (Å²) in [5.41, 5.74) is 1.80. The number of benzene rings is 1. The SMILES string of the molecule is CCOC(=O)c1c(C)[nH]c(C)c1C(=O)CSc1ccccc1F. The van der Waals surface area contributed by atoms with Crippen LogP contribution >= 0.6 is 11.8 Å². The molecule has 1 aromatic carbocycles. The summed E-state index contributed by atoms with van der Waals surface area (Å²) >= 11 is 1.11. The molecule has 0 fully saturated rings. The van der Waals surface area contributed by atoms with Crippen LogP contribution in [0.3, 0.4) is 0 Å². The number of carbonyl (C=O) groups is 2. The predicted molar refractivity (Wildman–Crippen MR) is 87.7 cm³/mol. The van der Waals surface area contributed by atoms with Gasteiger partial charge in [-0.1, -0.05) is 12.1 Å². The molecule has 0 saturated heterocycles. The number of aromatic amines is 1. The molecule has 0 radical (unpaired) electrons. The molecular formula is C17H18FNO3S. The first-order valence-electron chi connectivity index (χ1n) is 7.22. The molecule has 1 aromatic heterocycles. The largest absolute Gasteiger partial charge is 0.462 e. The molecular weight excluding hydrogens is 317 g/mol. The van der Waals surface area contributed by atoms with Crippen LogP contribution < -0.4 is 0 Å². The molecule has 0 aliphatic rings. The van der Waals surface area contributed by atoms with E-state index in [0.717, 1.165) is 11.8 Å². The molecule has 0 saturated carbocycles. The molecule has 0 atom stereocenters. The van der Waals surface area contributed by atoms with E-state index in [-0.39, 0.29) is 29.5 Å². The first-order chi connectivity index (χ1) is 11.0. The Kier molecular flexibility index (Phi) is 5.60. The molecule has 1 N–H and O–H groups in total. The Bertz CT molecular complexity index is 739. The summed E-state index contributed by atoms with van der Waals surface area (Å²) in [4.78, 5) is 28.0. The number of esters is 1. The summed E-state index contributed by atoms with van der Waals surface area (Å²) < 4.78 is 18.6. The highest BCUT2D eigenvalue weighted by Gasteiger charge is 2.25. The first-order valence-corrected chi connectivity index (χ1v) is 8.21. The number of aromatic nitrogens is 1. The number of rotatable bonds is 6. The van der Waals surface area contributed by atoms with Crippen LogP contribution in [0.4, 0.5) is 4.39 Å². The second-order valence-corrected chi connectivity index (χ2v) is 6.00. The fourth-order valence-corrected chi connectivity index (χ4v) is 3.18. The number of thioether (sulfide) groups is 1. The second kappa shape index (κ2) is 7.46. The smallest absolute Gasteiger partial charge is 0.340 e. The number of ketones is 1. The van der Waals surface area contributed by atoms with Gasteiger partial charge in [-0.05, 0) is 32.9 Å². The number of nitrogens with one attached hydrogen (secondary N) is 1. The van der Waals surface area contributed by atoms with Crippen molar-refractivity contribution in [2.45, 2.75) is 25.7 Å². The van der Waals surface area contributed by atoms with Gasteiger partial charge in [0.25, 0.3) is 0 Å². The summed E-state index contributed by atoms with van der Waals surface area (Å²) in [6.07, 6.45) is 0. The second-order valence-electron chi connectivity index (χ2n) is 4.99. The Balaban J connectivity index is 2.22. The first kappa shape index (κ1) is 17.3. The van der Waals surface area contributed by atoms with E-state index in [2.05, 4.69) is 4.98 Å². The van der Waals surface area contributed by atoms with Crippen molar-refractivity contribution in [3.05, 3.63) is 52.6 Å². The summed E-state index contributed by atoms with van der Waals surface area (Å²) in [7, 11) is 0.